The van der Waals surface area contributed by atoms with E-state index < -0.39 is 11.4 Å². The van der Waals surface area contributed by atoms with Crippen molar-refractivity contribution in [3.63, 3.8) is 0 Å². The molecular weight excluding hydrogens is 415 g/mol. The van der Waals surface area contributed by atoms with Crippen LogP contribution in [0.25, 0.3) is 11.3 Å². The Hall–Kier alpha value is -3.92. The predicted molar refractivity (Wildman–Crippen MR) is 120 cm³/mol. The highest BCUT2D eigenvalue weighted by Crippen LogP contribution is 2.26. The predicted octanol–water partition coefficient (Wildman–Crippen LogP) is 1.97. The van der Waals surface area contributed by atoms with Gasteiger partial charge in [-0.2, -0.15) is 0 Å². The average molecular weight is 438 g/mol. The minimum Gasteiger partial charge on any atom is -0.398 e. The monoisotopic (exact) mass is 438 g/mol. The van der Waals surface area contributed by atoms with Gasteiger partial charge in [0, 0.05) is 43.3 Å². The standard InChI is InChI=1S/C22H23FN6O3/c1-28-12-18(15-3-2-4-16(24)19(15)23)27-20(22(28)31)26-13-5-6-14(17(25)11-13)21(30)29-7-9-32-10-8-29/h2-6,11-12H,7-10,24-25H2,1H3,(H,26,27). The number of ether oxygens (including phenoxy) is 1. The van der Waals surface area contributed by atoms with E-state index >= 15 is 0 Å². The first-order chi connectivity index (χ1) is 15.3. The van der Waals surface area contributed by atoms with E-state index in [1.165, 1.54) is 22.9 Å². The lowest BCUT2D eigenvalue weighted by Gasteiger charge is -2.27. The van der Waals surface area contributed by atoms with Crippen molar-refractivity contribution in [3.8, 4) is 11.3 Å². The zero-order chi connectivity index (χ0) is 22.8. The summed E-state index contributed by atoms with van der Waals surface area (Å²) in [6, 6.07) is 9.39. The summed E-state index contributed by atoms with van der Waals surface area (Å²) in [5, 5.41) is 2.92. The van der Waals surface area contributed by atoms with Crippen molar-refractivity contribution in [2.45, 2.75) is 0 Å². The lowest BCUT2D eigenvalue weighted by molar-refractivity contribution is 0.0303. The van der Waals surface area contributed by atoms with E-state index in [1.807, 2.05) is 0 Å². The highest BCUT2D eigenvalue weighted by atomic mass is 19.1. The third kappa shape index (κ3) is 4.12. The number of carbonyl (C=O) groups excluding carboxylic acids is 1. The van der Waals surface area contributed by atoms with Crippen LogP contribution in [0.1, 0.15) is 10.4 Å². The van der Waals surface area contributed by atoms with Crippen LogP contribution in [0.4, 0.5) is 27.3 Å². The number of nitrogens with zero attached hydrogens (tertiary/aromatic N) is 3. The van der Waals surface area contributed by atoms with Crippen LogP contribution in [0.2, 0.25) is 0 Å². The molecule has 0 unspecified atom stereocenters. The number of benzene rings is 2. The molecule has 0 atom stereocenters. The van der Waals surface area contributed by atoms with Gasteiger partial charge in [0.15, 0.2) is 11.6 Å². The minimum absolute atomic E-state index is 0.0130. The summed E-state index contributed by atoms with van der Waals surface area (Å²) in [6.45, 7) is 1.99. The number of rotatable bonds is 4. The summed E-state index contributed by atoms with van der Waals surface area (Å²) in [5.41, 5.74) is 12.9. The molecule has 166 valence electrons. The zero-order valence-electron chi connectivity index (χ0n) is 17.5. The van der Waals surface area contributed by atoms with Crippen LogP contribution in [0, 0.1) is 5.82 Å². The van der Waals surface area contributed by atoms with Crippen LogP contribution in [0.3, 0.4) is 0 Å². The third-order valence-electron chi connectivity index (χ3n) is 5.22. The van der Waals surface area contributed by atoms with Gasteiger partial charge in [-0.1, -0.05) is 6.07 Å². The topological polar surface area (TPSA) is 128 Å². The second-order valence-electron chi connectivity index (χ2n) is 7.43. The zero-order valence-corrected chi connectivity index (χ0v) is 17.5. The van der Waals surface area contributed by atoms with Gasteiger partial charge in [0.2, 0.25) is 0 Å². The Balaban J connectivity index is 1.63. The van der Waals surface area contributed by atoms with Crippen molar-refractivity contribution in [2.24, 2.45) is 7.05 Å². The number of nitrogens with two attached hydrogens (primary N) is 2. The summed E-state index contributed by atoms with van der Waals surface area (Å²) in [4.78, 5) is 31.3. The summed E-state index contributed by atoms with van der Waals surface area (Å²) in [5.74, 6) is -0.802. The first kappa shape index (κ1) is 21.3. The molecule has 5 N–H and O–H groups in total. The van der Waals surface area contributed by atoms with Crippen molar-refractivity contribution >= 4 is 28.8 Å². The van der Waals surface area contributed by atoms with Gasteiger partial charge in [-0.3, -0.25) is 9.59 Å². The molecule has 1 fully saturated rings. The third-order valence-corrected chi connectivity index (χ3v) is 5.22. The van der Waals surface area contributed by atoms with Crippen LogP contribution in [0.15, 0.2) is 47.4 Å². The Labute approximate surface area is 183 Å². The molecule has 1 aliphatic rings. The summed E-state index contributed by atoms with van der Waals surface area (Å²) in [7, 11) is 1.54. The fourth-order valence-electron chi connectivity index (χ4n) is 3.47. The number of anilines is 4. The van der Waals surface area contributed by atoms with E-state index in [0.29, 0.717) is 37.6 Å². The first-order valence-corrected chi connectivity index (χ1v) is 10.0. The van der Waals surface area contributed by atoms with Crippen molar-refractivity contribution in [2.75, 3.05) is 43.1 Å². The normalized spacial score (nSPS) is 13.8. The molecule has 4 rings (SSSR count). The number of morpholine rings is 1. The van der Waals surface area contributed by atoms with Crippen LogP contribution in [0.5, 0.6) is 0 Å². The van der Waals surface area contributed by atoms with E-state index in [-0.39, 0.29) is 34.4 Å². The number of hydrogen-bond donors (Lipinski definition) is 3. The Kier molecular flexibility index (Phi) is 5.78. The number of carbonyl (C=O) groups is 1. The highest BCUT2D eigenvalue weighted by Gasteiger charge is 2.21. The summed E-state index contributed by atoms with van der Waals surface area (Å²) < 4.78 is 21.0. The molecule has 2 aromatic carbocycles. The first-order valence-electron chi connectivity index (χ1n) is 10.0. The van der Waals surface area contributed by atoms with Gasteiger partial charge < -0.3 is 31.0 Å². The number of amides is 1. The summed E-state index contributed by atoms with van der Waals surface area (Å²) in [6.07, 6.45) is 1.43. The number of aryl methyl sites for hydroxylation is 1. The van der Waals surface area contributed by atoms with Crippen molar-refractivity contribution in [3.05, 3.63) is 64.3 Å². The Morgan fingerprint density at radius 1 is 1.16 bits per heavy atom. The maximum atomic E-state index is 14.5. The minimum atomic E-state index is -0.611. The molecule has 1 aromatic heterocycles. The molecule has 0 bridgehead atoms. The van der Waals surface area contributed by atoms with Gasteiger partial charge in [-0.25, -0.2) is 9.37 Å². The molecule has 0 radical (unpaired) electrons. The maximum Gasteiger partial charge on any atom is 0.293 e. The van der Waals surface area contributed by atoms with E-state index in [2.05, 4.69) is 10.3 Å². The Bertz CT molecular complexity index is 1240. The highest BCUT2D eigenvalue weighted by molar-refractivity contribution is 6.00. The number of hydrogen-bond acceptors (Lipinski definition) is 7. The van der Waals surface area contributed by atoms with E-state index in [0.717, 1.165) is 0 Å². The molecular formula is C22H23FN6O3. The maximum absolute atomic E-state index is 14.5. The quantitative estimate of drug-likeness (QED) is 0.531. The smallest absolute Gasteiger partial charge is 0.293 e. The Morgan fingerprint density at radius 3 is 2.62 bits per heavy atom. The number of aromatic nitrogens is 2. The molecule has 2 heterocycles. The largest absolute Gasteiger partial charge is 0.398 e. The molecule has 1 saturated heterocycles. The molecule has 1 amide bonds. The molecule has 1 aliphatic heterocycles. The summed E-state index contributed by atoms with van der Waals surface area (Å²) >= 11 is 0. The molecule has 3 aromatic rings. The number of nitrogen functional groups attached to an aromatic ring is 2. The lowest BCUT2D eigenvalue weighted by Crippen LogP contribution is -2.40. The van der Waals surface area contributed by atoms with Gasteiger partial charge >= 0.3 is 0 Å². The van der Waals surface area contributed by atoms with Crippen LogP contribution in [-0.4, -0.2) is 46.7 Å². The number of nitrogens with one attached hydrogen (secondary N) is 1. The SMILES string of the molecule is Cn1cc(-c2cccc(N)c2F)nc(Nc2ccc(C(=O)N3CCOCC3)c(N)c2)c1=O. The van der Waals surface area contributed by atoms with Crippen molar-refractivity contribution in [1.82, 2.24) is 14.5 Å². The van der Waals surface area contributed by atoms with E-state index in [1.54, 1.807) is 36.2 Å². The van der Waals surface area contributed by atoms with Gasteiger partial charge in [0.05, 0.1) is 30.2 Å². The lowest BCUT2D eigenvalue weighted by atomic mass is 10.1. The van der Waals surface area contributed by atoms with E-state index in [9.17, 15) is 14.0 Å². The van der Waals surface area contributed by atoms with Gasteiger partial charge in [-0.05, 0) is 30.3 Å². The van der Waals surface area contributed by atoms with Crippen molar-refractivity contribution in [1.29, 1.82) is 0 Å². The van der Waals surface area contributed by atoms with E-state index in [4.69, 9.17) is 16.2 Å². The molecule has 9 nitrogen and oxygen atoms in total. The molecule has 0 aliphatic carbocycles. The second kappa shape index (κ2) is 8.67. The average Bonchev–Trinajstić information content (AvgIpc) is 2.79. The van der Waals surface area contributed by atoms with Gasteiger partial charge in [0.1, 0.15) is 0 Å². The van der Waals surface area contributed by atoms with Crippen LogP contribution < -0.4 is 22.3 Å². The second-order valence-corrected chi connectivity index (χ2v) is 7.43. The van der Waals surface area contributed by atoms with Gasteiger partial charge in [0.25, 0.3) is 11.5 Å². The molecule has 0 saturated carbocycles. The van der Waals surface area contributed by atoms with Crippen molar-refractivity contribution < 1.29 is 13.9 Å². The number of halogens is 1. The molecule has 32 heavy (non-hydrogen) atoms. The van der Waals surface area contributed by atoms with Crippen LogP contribution in [-0.2, 0) is 11.8 Å². The van der Waals surface area contributed by atoms with Crippen LogP contribution >= 0.6 is 0 Å². The fourth-order valence-corrected chi connectivity index (χ4v) is 3.47. The van der Waals surface area contributed by atoms with Gasteiger partial charge in [-0.15, -0.1) is 0 Å². The Morgan fingerprint density at radius 2 is 1.91 bits per heavy atom. The molecule has 10 heteroatoms. The fraction of sp³-hybridized carbons (Fsp3) is 0.227. The molecule has 0 spiro atoms.